The molecule has 0 radical (unpaired) electrons. The molecule has 2 aromatic carbocycles. The van der Waals surface area contributed by atoms with Crippen molar-refractivity contribution in [3.63, 3.8) is 0 Å². The minimum Gasteiger partial charge on any atom is -0.497 e. The average molecular weight is 464 g/mol. The van der Waals surface area contributed by atoms with Crippen LogP contribution in [0.3, 0.4) is 0 Å². The first-order valence-electron chi connectivity index (χ1n) is 12.4. The minimum absolute atomic E-state index is 0.0143. The molecular weight excluding hydrogens is 426 g/mol. The summed E-state index contributed by atoms with van der Waals surface area (Å²) in [6.45, 7) is 10.6. The third kappa shape index (κ3) is 6.39. The number of benzene rings is 2. The Morgan fingerprint density at radius 2 is 1.79 bits per heavy atom. The van der Waals surface area contributed by atoms with Crippen molar-refractivity contribution >= 4 is 11.6 Å². The highest BCUT2D eigenvalue weighted by molar-refractivity contribution is 5.79. The summed E-state index contributed by atoms with van der Waals surface area (Å²) in [7, 11) is 1.65. The maximum atomic E-state index is 12.8. The number of piperazine rings is 1. The second-order valence-corrected chi connectivity index (χ2v) is 9.11. The molecule has 2 heterocycles. The van der Waals surface area contributed by atoms with Crippen LogP contribution in [0.4, 0.5) is 5.69 Å². The topological polar surface area (TPSA) is 45.3 Å². The van der Waals surface area contributed by atoms with Crippen molar-refractivity contribution in [1.29, 1.82) is 0 Å². The van der Waals surface area contributed by atoms with Crippen LogP contribution in [0.1, 0.15) is 30.1 Å². The van der Waals surface area contributed by atoms with Crippen molar-refractivity contribution in [2.45, 2.75) is 25.4 Å². The molecule has 1 unspecified atom stereocenters. The molecule has 1 amide bonds. The van der Waals surface area contributed by atoms with Crippen LogP contribution in [0.15, 0.2) is 61.2 Å². The fraction of sp³-hybridized carbons (Fsp3) is 0.464. The van der Waals surface area contributed by atoms with E-state index in [1.165, 1.54) is 24.1 Å². The van der Waals surface area contributed by atoms with Gasteiger partial charge in [0.25, 0.3) is 0 Å². The van der Waals surface area contributed by atoms with Gasteiger partial charge in [-0.2, -0.15) is 0 Å². The Morgan fingerprint density at radius 1 is 1.03 bits per heavy atom. The molecule has 0 aromatic heterocycles. The Bertz CT molecular complexity index is 949. The fourth-order valence-corrected chi connectivity index (χ4v) is 4.82. The standard InChI is InChI=1S/C28H37N3O3/c1-3-18-34-27(24-9-7-10-25(21-24)30-12-4-5-13-30)22-29-14-16-31(17-15-29)28(32)20-23-8-6-11-26(19-23)33-2/h3,6-11,19,21,27H,1,4-5,12-18,20,22H2,2H3. The molecule has 2 aliphatic rings. The highest BCUT2D eigenvalue weighted by Crippen LogP contribution is 2.27. The molecule has 0 spiro atoms. The highest BCUT2D eigenvalue weighted by Gasteiger charge is 2.25. The zero-order valence-electron chi connectivity index (χ0n) is 20.3. The van der Waals surface area contributed by atoms with Crippen molar-refractivity contribution in [2.75, 3.05) is 64.4 Å². The van der Waals surface area contributed by atoms with E-state index in [-0.39, 0.29) is 12.0 Å². The van der Waals surface area contributed by atoms with Gasteiger partial charge in [-0.05, 0) is 48.2 Å². The second-order valence-electron chi connectivity index (χ2n) is 9.11. The lowest BCUT2D eigenvalue weighted by atomic mass is 10.1. The van der Waals surface area contributed by atoms with Gasteiger partial charge in [0.05, 0.1) is 26.2 Å². The van der Waals surface area contributed by atoms with Crippen LogP contribution >= 0.6 is 0 Å². The van der Waals surface area contributed by atoms with Gasteiger partial charge in [-0.25, -0.2) is 0 Å². The highest BCUT2D eigenvalue weighted by atomic mass is 16.5. The van der Waals surface area contributed by atoms with E-state index in [1.54, 1.807) is 7.11 Å². The van der Waals surface area contributed by atoms with Crippen LogP contribution in [0.5, 0.6) is 5.75 Å². The molecule has 182 valence electrons. The maximum Gasteiger partial charge on any atom is 0.227 e. The van der Waals surface area contributed by atoms with Crippen LogP contribution in [0.25, 0.3) is 0 Å². The van der Waals surface area contributed by atoms with E-state index in [9.17, 15) is 4.79 Å². The normalized spacial score (nSPS) is 17.6. The number of carbonyl (C=O) groups excluding carboxylic acids is 1. The molecule has 6 heteroatoms. The first kappa shape index (κ1) is 24.3. The zero-order chi connectivity index (χ0) is 23.8. The molecule has 0 N–H and O–H groups in total. The van der Waals surface area contributed by atoms with E-state index in [2.05, 4.69) is 40.6 Å². The summed E-state index contributed by atoms with van der Waals surface area (Å²) in [6, 6.07) is 16.5. The van der Waals surface area contributed by atoms with Crippen LogP contribution < -0.4 is 9.64 Å². The summed E-state index contributed by atoms with van der Waals surface area (Å²) in [4.78, 5) is 19.7. The molecule has 2 fully saturated rings. The third-order valence-corrected chi connectivity index (χ3v) is 6.77. The van der Waals surface area contributed by atoms with Crippen LogP contribution in [0, 0.1) is 0 Å². The predicted molar refractivity (Wildman–Crippen MR) is 136 cm³/mol. The maximum absolute atomic E-state index is 12.8. The molecule has 34 heavy (non-hydrogen) atoms. The fourth-order valence-electron chi connectivity index (χ4n) is 4.82. The van der Waals surface area contributed by atoms with E-state index in [4.69, 9.17) is 9.47 Å². The Kier molecular flexibility index (Phi) is 8.61. The second kappa shape index (κ2) is 12.0. The van der Waals surface area contributed by atoms with Crippen LogP contribution in [-0.4, -0.2) is 75.2 Å². The van der Waals surface area contributed by atoms with Gasteiger partial charge in [0.1, 0.15) is 5.75 Å². The summed E-state index contributed by atoms with van der Waals surface area (Å²) in [5.41, 5.74) is 3.49. The van der Waals surface area contributed by atoms with E-state index < -0.39 is 0 Å². The number of nitrogens with zero attached hydrogens (tertiary/aromatic N) is 3. The lowest BCUT2D eigenvalue weighted by Gasteiger charge is -2.36. The van der Waals surface area contributed by atoms with Crippen molar-refractivity contribution in [3.05, 3.63) is 72.3 Å². The van der Waals surface area contributed by atoms with Gasteiger partial charge in [-0.1, -0.05) is 30.3 Å². The SMILES string of the molecule is C=CCOC(CN1CCN(C(=O)Cc2cccc(OC)c2)CC1)c1cccc(N2CCCC2)c1. The Morgan fingerprint density at radius 3 is 2.53 bits per heavy atom. The molecule has 2 aliphatic heterocycles. The van der Waals surface area contributed by atoms with Gasteiger partial charge in [0.15, 0.2) is 0 Å². The average Bonchev–Trinajstić information content (AvgIpc) is 3.42. The number of hydrogen-bond acceptors (Lipinski definition) is 5. The largest absolute Gasteiger partial charge is 0.497 e. The van der Waals surface area contributed by atoms with Crippen LogP contribution in [0.2, 0.25) is 0 Å². The monoisotopic (exact) mass is 463 g/mol. The van der Waals surface area contributed by atoms with Gasteiger partial charge >= 0.3 is 0 Å². The lowest BCUT2D eigenvalue weighted by Crippen LogP contribution is -2.50. The molecule has 6 nitrogen and oxygen atoms in total. The first-order chi connectivity index (χ1) is 16.7. The number of hydrogen-bond donors (Lipinski definition) is 0. The first-order valence-corrected chi connectivity index (χ1v) is 12.4. The Hall–Kier alpha value is -2.83. The van der Waals surface area contributed by atoms with Crippen molar-refractivity contribution < 1.29 is 14.3 Å². The van der Waals surface area contributed by atoms with E-state index >= 15 is 0 Å². The summed E-state index contributed by atoms with van der Waals surface area (Å²) in [6.07, 6.45) is 4.74. The molecule has 0 bridgehead atoms. The van der Waals surface area contributed by atoms with Gasteiger partial charge < -0.3 is 19.3 Å². The van der Waals surface area contributed by atoms with E-state index in [0.717, 1.165) is 57.1 Å². The molecule has 2 saturated heterocycles. The van der Waals surface area contributed by atoms with Gasteiger partial charge in [0.2, 0.25) is 5.91 Å². The van der Waals surface area contributed by atoms with Crippen molar-refractivity contribution in [1.82, 2.24) is 9.80 Å². The summed E-state index contributed by atoms with van der Waals surface area (Å²) < 4.78 is 11.5. The van der Waals surface area contributed by atoms with E-state index in [0.29, 0.717) is 13.0 Å². The van der Waals surface area contributed by atoms with Gasteiger partial charge in [-0.3, -0.25) is 9.69 Å². The lowest BCUT2D eigenvalue weighted by molar-refractivity contribution is -0.132. The number of carbonyl (C=O) groups is 1. The Labute approximate surface area is 203 Å². The van der Waals surface area contributed by atoms with Crippen LogP contribution in [-0.2, 0) is 16.0 Å². The van der Waals surface area contributed by atoms with Gasteiger partial charge in [-0.15, -0.1) is 6.58 Å². The number of anilines is 1. The molecular formula is C28H37N3O3. The number of methoxy groups -OCH3 is 1. The summed E-state index contributed by atoms with van der Waals surface area (Å²) >= 11 is 0. The molecule has 1 atom stereocenters. The zero-order valence-corrected chi connectivity index (χ0v) is 20.3. The Balaban J connectivity index is 1.33. The third-order valence-electron chi connectivity index (χ3n) is 6.77. The summed E-state index contributed by atoms with van der Waals surface area (Å²) in [5, 5.41) is 0. The smallest absolute Gasteiger partial charge is 0.227 e. The van der Waals surface area contributed by atoms with Gasteiger partial charge in [0, 0.05) is 51.5 Å². The molecule has 2 aromatic rings. The number of amides is 1. The molecule has 4 rings (SSSR count). The van der Waals surface area contributed by atoms with Crippen molar-refractivity contribution in [3.8, 4) is 5.75 Å². The molecule has 0 saturated carbocycles. The predicted octanol–water partition coefficient (Wildman–Crippen LogP) is 3.93. The number of rotatable bonds is 10. The minimum atomic E-state index is -0.0143. The number of ether oxygens (including phenoxy) is 2. The summed E-state index contributed by atoms with van der Waals surface area (Å²) in [5.74, 6) is 0.958. The van der Waals surface area contributed by atoms with E-state index in [1.807, 2.05) is 35.2 Å². The quantitative estimate of drug-likeness (QED) is 0.500. The molecule has 0 aliphatic carbocycles. The van der Waals surface area contributed by atoms with Crippen molar-refractivity contribution in [2.24, 2.45) is 0 Å².